The van der Waals surface area contributed by atoms with Crippen molar-refractivity contribution in [3.05, 3.63) is 29.8 Å². The van der Waals surface area contributed by atoms with Crippen LogP contribution in [0.2, 0.25) is 0 Å². The molecule has 3 N–H and O–H groups in total. The summed E-state index contributed by atoms with van der Waals surface area (Å²) in [7, 11) is 0. The number of nitrogens with two attached hydrogens (primary N) is 1. The molecule has 1 aliphatic carbocycles. The van der Waals surface area contributed by atoms with E-state index >= 15 is 0 Å². The van der Waals surface area contributed by atoms with E-state index in [1.54, 1.807) is 0 Å². The van der Waals surface area contributed by atoms with E-state index in [-0.39, 0.29) is 36.3 Å². The Morgan fingerprint density at radius 1 is 1.25 bits per heavy atom. The van der Waals surface area contributed by atoms with E-state index in [1.807, 2.05) is 11.8 Å². The molecule has 0 aromatic heterocycles. The summed E-state index contributed by atoms with van der Waals surface area (Å²) in [6.07, 6.45) is 3.78. The summed E-state index contributed by atoms with van der Waals surface area (Å²) in [6, 6.07) is 8.78. The van der Waals surface area contributed by atoms with Gasteiger partial charge in [0.15, 0.2) is 0 Å². The minimum absolute atomic E-state index is 0. The monoisotopic (exact) mass is 312 g/mol. The molecule has 1 heterocycles. The van der Waals surface area contributed by atoms with Crippen LogP contribution in [0, 0.1) is 5.92 Å². The average Bonchev–Trinajstić information content (AvgIpc) is 2.86. The first-order valence-electron chi connectivity index (χ1n) is 7.01. The molecule has 0 bridgehead atoms. The van der Waals surface area contributed by atoms with Crippen LogP contribution in [0.15, 0.2) is 29.2 Å². The van der Waals surface area contributed by atoms with Crippen molar-refractivity contribution in [2.45, 2.75) is 42.7 Å². The van der Waals surface area contributed by atoms with E-state index in [1.165, 1.54) is 10.5 Å². The number of halogens is 1. The highest BCUT2D eigenvalue weighted by Crippen LogP contribution is 2.36. The van der Waals surface area contributed by atoms with Gasteiger partial charge >= 0.3 is 0 Å². The first kappa shape index (κ1) is 15.7. The van der Waals surface area contributed by atoms with Crippen LogP contribution < -0.4 is 11.1 Å². The van der Waals surface area contributed by atoms with Gasteiger partial charge in [0.25, 0.3) is 0 Å². The van der Waals surface area contributed by atoms with Gasteiger partial charge in [-0.2, -0.15) is 0 Å². The Labute approximate surface area is 130 Å². The molecule has 1 fully saturated rings. The second-order valence-corrected chi connectivity index (χ2v) is 6.64. The molecule has 3 nitrogen and oxygen atoms in total. The van der Waals surface area contributed by atoms with Crippen LogP contribution in [0.3, 0.4) is 0 Å². The van der Waals surface area contributed by atoms with Gasteiger partial charge in [-0.1, -0.05) is 18.2 Å². The maximum absolute atomic E-state index is 12.3. The third-order valence-electron chi connectivity index (χ3n) is 4.12. The summed E-state index contributed by atoms with van der Waals surface area (Å²) in [5.41, 5.74) is 7.16. The molecule has 3 atom stereocenters. The SMILES string of the molecule is Cl.NC1CCC(C(=O)NC2CCSc3ccccc32)C1. The highest BCUT2D eigenvalue weighted by atomic mass is 35.5. The van der Waals surface area contributed by atoms with E-state index in [0.29, 0.717) is 0 Å². The van der Waals surface area contributed by atoms with E-state index in [9.17, 15) is 4.79 Å². The molecule has 1 saturated carbocycles. The van der Waals surface area contributed by atoms with Crippen molar-refractivity contribution in [3.8, 4) is 0 Å². The van der Waals surface area contributed by atoms with Crippen LogP contribution in [-0.2, 0) is 4.79 Å². The number of hydrogen-bond donors (Lipinski definition) is 2. The molecule has 3 unspecified atom stereocenters. The lowest BCUT2D eigenvalue weighted by atomic mass is 10.0. The van der Waals surface area contributed by atoms with Gasteiger partial charge < -0.3 is 11.1 Å². The topological polar surface area (TPSA) is 55.1 Å². The van der Waals surface area contributed by atoms with Gasteiger partial charge in [0.05, 0.1) is 6.04 Å². The minimum atomic E-state index is 0. The summed E-state index contributed by atoms with van der Waals surface area (Å²) in [5.74, 6) is 1.39. The zero-order valence-electron chi connectivity index (χ0n) is 11.4. The summed E-state index contributed by atoms with van der Waals surface area (Å²) in [5, 5.41) is 3.23. The van der Waals surface area contributed by atoms with Gasteiger partial charge in [0, 0.05) is 22.6 Å². The predicted molar refractivity (Wildman–Crippen MR) is 85.2 cm³/mol. The van der Waals surface area contributed by atoms with Crippen molar-refractivity contribution in [2.24, 2.45) is 11.7 Å². The van der Waals surface area contributed by atoms with Gasteiger partial charge in [-0.25, -0.2) is 0 Å². The maximum Gasteiger partial charge on any atom is 0.223 e. The molecule has 1 aromatic rings. The third-order valence-corrected chi connectivity index (χ3v) is 5.24. The minimum Gasteiger partial charge on any atom is -0.349 e. The smallest absolute Gasteiger partial charge is 0.223 e. The van der Waals surface area contributed by atoms with E-state index < -0.39 is 0 Å². The van der Waals surface area contributed by atoms with E-state index in [4.69, 9.17) is 5.73 Å². The van der Waals surface area contributed by atoms with Crippen LogP contribution in [0.25, 0.3) is 0 Å². The third kappa shape index (κ3) is 3.30. The van der Waals surface area contributed by atoms with Crippen molar-refractivity contribution >= 4 is 30.1 Å². The van der Waals surface area contributed by atoms with Crippen LogP contribution in [0.4, 0.5) is 0 Å². The van der Waals surface area contributed by atoms with Gasteiger partial charge in [0.1, 0.15) is 0 Å². The Bertz CT molecular complexity index is 483. The van der Waals surface area contributed by atoms with Crippen LogP contribution in [0.1, 0.15) is 37.3 Å². The molecule has 0 spiro atoms. The molecule has 1 amide bonds. The standard InChI is InChI=1S/C15H20N2OS.ClH/c16-11-6-5-10(9-11)15(18)17-13-7-8-19-14-4-2-1-3-12(13)14;/h1-4,10-11,13H,5-9,16H2,(H,17,18);1H. The quantitative estimate of drug-likeness (QED) is 0.883. The Kier molecular flexibility index (Phi) is 5.35. The Balaban J connectivity index is 0.00000147. The number of hydrogen-bond acceptors (Lipinski definition) is 3. The van der Waals surface area contributed by atoms with Crippen molar-refractivity contribution in [2.75, 3.05) is 5.75 Å². The number of rotatable bonds is 2. The number of nitrogens with one attached hydrogen (secondary N) is 1. The molecule has 1 aromatic carbocycles. The highest BCUT2D eigenvalue weighted by molar-refractivity contribution is 7.99. The van der Waals surface area contributed by atoms with Gasteiger partial charge in [-0.15, -0.1) is 24.2 Å². The van der Waals surface area contributed by atoms with Crippen LogP contribution in [-0.4, -0.2) is 17.7 Å². The number of benzene rings is 1. The number of carbonyl (C=O) groups excluding carboxylic acids is 1. The van der Waals surface area contributed by atoms with E-state index in [2.05, 4.69) is 29.6 Å². The van der Waals surface area contributed by atoms with Crippen molar-refractivity contribution in [3.63, 3.8) is 0 Å². The lowest BCUT2D eigenvalue weighted by Crippen LogP contribution is -2.35. The molecule has 5 heteroatoms. The summed E-state index contributed by atoms with van der Waals surface area (Å²) in [6.45, 7) is 0. The molecule has 2 aliphatic rings. The largest absolute Gasteiger partial charge is 0.349 e. The first-order valence-corrected chi connectivity index (χ1v) is 8.00. The zero-order valence-corrected chi connectivity index (χ0v) is 13.0. The molecule has 1 aliphatic heterocycles. The lowest BCUT2D eigenvalue weighted by Gasteiger charge is -2.27. The Hall–Kier alpha value is -0.710. The second-order valence-electron chi connectivity index (χ2n) is 5.51. The van der Waals surface area contributed by atoms with Gasteiger partial charge in [-0.3, -0.25) is 4.79 Å². The lowest BCUT2D eigenvalue weighted by molar-refractivity contribution is -0.125. The molecular weight excluding hydrogens is 292 g/mol. The summed E-state index contributed by atoms with van der Waals surface area (Å²) in [4.78, 5) is 13.6. The van der Waals surface area contributed by atoms with Gasteiger partial charge in [0.2, 0.25) is 5.91 Å². The predicted octanol–water partition coefficient (Wildman–Crippen LogP) is 2.89. The normalized spacial score (nSPS) is 28.4. The molecule has 0 saturated heterocycles. The molecule has 20 heavy (non-hydrogen) atoms. The fourth-order valence-electron chi connectivity index (χ4n) is 3.04. The fraction of sp³-hybridized carbons (Fsp3) is 0.533. The van der Waals surface area contributed by atoms with E-state index in [0.717, 1.165) is 31.4 Å². The van der Waals surface area contributed by atoms with Crippen molar-refractivity contribution in [1.82, 2.24) is 5.32 Å². The molecule has 110 valence electrons. The number of carbonyl (C=O) groups is 1. The summed E-state index contributed by atoms with van der Waals surface area (Å²) >= 11 is 1.88. The highest BCUT2D eigenvalue weighted by Gasteiger charge is 2.30. The number of fused-ring (bicyclic) bond motifs is 1. The first-order chi connectivity index (χ1) is 9.24. The molecular formula is C15H21ClN2OS. The van der Waals surface area contributed by atoms with Crippen LogP contribution >= 0.6 is 24.2 Å². The maximum atomic E-state index is 12.3. The Morgan fingerprint density at radius 3 is 2.80 bits per heavy atom. The fourth-order valence-corrected chi connectivity index (χ4v) is 4.16. The van der Waals surface area contributed by atoms with Gasteiger partial charge in [-0.05, 0) is 37.3 Å². The van der Waals surface area contributed by atoms with Crippen molar-refractivity contribution < 1.29 is 4.79 Å². The summed E-state index contributed by atoms with van der Waals surface area (Å²) < 4.78 is 0. The average molecular weight is 313 g/mol. The zero-order chi connectivity index (χ0) is 13.2. The second kappa shape index (κ2) is 6.83. The van der Waals surface area contributed by atoms with Crippen LogP contribution in [0.5, 0.6) is 0 Å². The molecule has 3 rings (SSSR count). The molecule has 0 radical (unpaired) electrons. The van der Waals surface area contributed by atoms with Crippen molar-refractivity contribution in [1.29, 1.82) is 0 Å². The number of amides is 1. The number of thioether (sulfide) groups is 1. The Morgan fingerprint density at radius 2 is 2.05 bits per heavy atom.